The van der Waals surface area contributed by atoms with Gasteiger partial charge in [0.25, 0.3) is 5.91 Å². The van der Waals surface area contributed by atoms with Gasteiger partial charge in [-0.15, -0.1) is 0 Å². The second kappa shape index (κ2) is 9.63. The molecule has 41 heavy (non-hydrogen) atoms. The molecule has 202 valence electrons. The third-order valence-electron chi connectivity index (χ3n) is 7.35. The van der Waals surface area contributed by atoms with E-state index in [1.54, 1.807) is 29.5 Å². The van der Waals surface area contributed by atoms with Crippen molar-refractivity contribution in [1.29, 1.82) is 0 Å². The highest BCUT2D eigenvalue weighted by molar-refractivity contribution is 5.94. The molecule has 0 bridgehead atoms. The Morgan fingerprint density at radius 1 is 1.02 bits per heavy atom. The number of nitrogens with two attached hydrogens (primary N) is 1. The van der Waals surface area contributed by atoms with Gasteiger partial charge in [0.2, 0.25) is 0 Å². The summed E-state index contributed by atoms with van der Waals surface area (Å²) in [7, 11) is 0. The van der Waals surface area contributed by atoms with Crippen LogP contribution in [0.1, 0.15) is 45.5 Å². The molecule has 0 spiro atoms. The summed E-state index contributed by atoms with van der Waals surface area (Å²) in [5.74, 6) is 2.17. The number of carbonyl (C=O) groups excluding carboxylic acids is 1. The van der Waals surface area contributed by atoms with Crippen molar-refractivity contribution < 1.29 is 4.79 Å². The Morgan fingerprint density at radius 3 is 2.71 bits per heavy atom. The first-order valence-electron chi connectivity index (χ1n) is 13.3. The summed E-state index contributed by atoms with van der Waals surface area (Å²) in [5, 5.41) is 7.60. The van der Waals surface area contributed by atoms with Gasteiger partial charge in [-0.25, -0.2) is 24.6 Å². The Balaban J connectivity index is 1.31. The molecular formula is C30H26N10O. The van der Waals surface area contributed by atoms with Gasteiger partial charge in [0.1, 0.15) is 23.5 Å². The fourth-order valence-electron chi connectivity index (χ4n) is 5.30. The molecule has 0 saturated heterocycles. The number of carbonyl (C=O) groups is 1. The Morgan fingerprint density at radius 2 is 1.93 bits per heavy atom. The highest BCUT2D eigenvalue weighted by atomic mass is 16.1. The average molecular weight is 543 g/mol. The smallest absolute Gasteiger partial charge is 0.253 e. The predicted octanol–water partition coefficient (Wildman–Crippen LogP) is 4.07. The molecule has 5 aromatic heterocycles. The summed E-state index contributed by atoms with van der Waals surface area (Å²) in [6.45, 7) is 3.73. The van der Waals surface area contributed by atoms with Crippen LogP contribution in [0.3, 0.4) is 0 Å². The van der Waals surface area contributed by atoms with E-state index in [0.29, 0.717) is 45.6 Å². The molecule has 11 nitrogen and oxygen atoms in total. The molecule has 0 aliphatic heterocycles. The van der Waals surface area contributed by atoms with Crippen LogP contribution < -0.4 is 11.1 Å². The van der Waals surface area contributed by atoms with E-state index in [9.17, 15) is 4.79 Å². The number of benzene rings is 1. The van der Waals surface area contributed by atoms with Gasteiger partial charge in [-0.05, 0) is 86.3 Å². The van der Waals surface area contributed by atoms with Crippen molar-refractivity contribution in [3.8, 4) is 22.9 Å². The van der Waals surface area contributed by atoms with Gasteiger partial charge < -0.3 is 11.1 Å². The zero-order valence-corrected chi connectivity index (χ0v) is 22.5. The number of aromatic nitrogens is 8. The molecule has 0 saturated carbocycles. The molecule has 3 N–H and O–H groups in total. The molecule has 0 fully saturated rings. The van der Waals surface area contributed by atoms with Crippen molar-refractivity contribution >= 4 is 22.9 Å². The van der Waals surface area contributed by atoms with E-state index in [0.717, 1.165) is 35.3 Å². The second-order valence-corrected chi connectivity index (χ2v) is 10.1. The van der Waals surface area contributed by atoms with E-state index in [1.165, 1.54) is 0 Å². The van der Waals surface area contributed by atoms with E-state index in [2.05, 4.69) is 37.5 Å². The van der Waals surface area contributed by atoms with Gasteiger partial charge in [0, 0.05) is 23.8 Å². The van der Waals surface area contributed by atoms with E-state index < -0.39 is 0 Å². The normalized spacial score (nSPS) is 14.3. The standard InChI is InChI=1S/C30H26N10O/c1-17-5-6-20(15-33-17)30(41)36-24-10-7-19-14-21(8-9-22(19)24)40-28(23-4-3-13-32-27(23)31)35-25-11-12-26(37-29(25)40)39-16-34-18(2)38-39/h3-6,8-9,11-16,24H,7,10H2,1-2H3,(H2,31,32)(H,36,41)/t24-/m0/s1. The molecule has 1 aromatic carbocycles. The first-order valence-corrected chi connectivity index (χ1v) is 13.3. The van der Waals surface area contributed by atoms with Crippen LogP contribution in [0.2, 0.25) is 0 Å². The second-order valence-electron chi connectivity index (χ2n) is 10.1. The summed E-state index contributed by atoms with van der Waals surface area (Å²) >= 11 is 0. The fourth-order valence-corrected chi connectivity index (χ4v) is 5.30. The summed E-state index contributed by atoms with van der Waals surface area (Å²) in [5.41, 5.74) is 12.9. The van der Waals surface area contributed by atoms with Gasteiger partial charge in [-0.3, -0.25) is 14.3 Å². The zero-order chi connectivity index (χ0) is 28.1. The lowest BCUT2D eigenvalue weighted by atomic mass is 10.1. The predicted molar refractivity (Wildman–Crippen MR) is 154 cm³/mol. The van der Waals surface area contributed by atoms with E-state index in [-0.39, 0.29) is 11.9 Å². The number of nitrogen functional groups attached to an aromatic ring is 1. The third-order valence-corrected chi connectivity index (χ3v) is 7.35. The van der Waals surface area contributed by atoms with E-state index in [4.69, 9.17) is 15.7 Å². The maximum Gasteiger partial charge on any atom is 0.253 e. The van der Waals surface area contributed by atoms with E-state index >= 15 is 0 Å². The molecule has 1 aliphatic carbocycles. The number of imidazole rings is 1. The van der Waals surface area contributed by atoms with Crippen LogP contribution >= 0.6 is 0 Å². The number of nitrogens with zero attached hydrogens (tertiary/aromatic N) is 8. The molecule has 0 unspecified atom stereocenters. The van der Waals surface area contributed by atoms with E-state index in [1.807, 2.05) is 54.8 Å². The SMILES string of the molecule is Cc1ccc(C(=O)N[C@H]2CCc3cc(-n4c(-c5cccnc5N)nc5ccc(-n6cnc(C)n6)nc54)ccc32)cn1. The number of amides is 1. The number of aryl methyl sites for hydroxylation is 3. The number of hydrogen-bond donors (Lipinski definition) is 2. The zero-order valence-electron chi connectivity index (χ0n) is 22.5. The van der Waals surface area contributed by atoms with Crippen LogP contribution in [0.5, 0.6) is 0 Å². The van der Waals surface area contributed by atoms with Crippen molar-refractivity contribution in [1.82, 2.24) is 44.6 Å². The first-order chi connectivity index (χ1) is 19.9. The lowest BCUT2D eigenvalue weighted by Crippen LogP contribution is -2.27. The quantitative estimate of drug-likeness (QED) is 0.332. The minimum atomic E-state index is -0.130. The molecule has 1 aliphatic rings. The Bertz CT molecular complexity index is 1940. The van der Waals surface area contributed by atoms with Crippen molar-refractivity contribution in [2.24, 2.45) is 0 Å². The van der Waals surface area contributed by atoms with Crippen LogP contribution in [0.25, 0.3) is 34.1 Å². The molecule has 11 heteroatoms. The monoisotopic (exact) mass is 542 g/mol. The van der Waals surface area contributed by atoms with Crippen molar-refractivity contribution in [3.63, 3.8) is 0 Å². The minimum absolute atomic E-state index is 0.0823. The Hall–Kier alpha value is -5.45. The number of rotatable bonds is 5. The highest BCUT2D eigenvalue weighted by Crippen LogP contribution is 2.36. The largest absolute Gasteiger partial charge is 0.383 e. The highest BCUT2D eigenvalue weighted by Gasteiger charge is 2.26. The number of hydrogen-bond acceptors (Lipinski definition) is 8. The molecule has 7 rings (SSSR count). The van der Waals surface area contributed by atoms with Gasteiger partial charge >= 0.3 is 0 Å². The van der Waals surface area contributed by atoms with Crippen molar-refractivity contribution in [2.45, 2.75) is 32.7 Å². The van der Waals surface area contributed by atoms with Crippen LogP contribution in [0.15, 0.2) is 73.3 Å². The molecule has 1 amide bonds. The minimum Gasteiger partial charge on any atom is -0.383 e. The summed E-state index contributed by atoms with van der Waals surface area (Å²) in [6.07, 6.45) is 6.55. The molecular weight excluding hydrogens is 516 g/mol. The maximum absolute atomic E-state index is 12.9. The van der Waals surface area contributed by atoms with Crippen LogP contribution in [-0.2, 0) is 6.42 Å². The summed E-state index contributed by atoms with van der Waals surface area (Å²) < 4.78 is 3.64. The lowest BCUT2D eigenvalue weighted by Gasteiger charge is -2.16. The average Bonchev–Trinajstić information content (AvgIpc) is 3.70. The van der Waals surface area contributed by atoms with Crippen molar-refractivity contribution in [2.75, 3.05) is 5.73 Å². The summed E-state index contributed by atoms with van der Waals surface area (Å²) in [6, 6.07) is 17.3. The number of fused-ring (bicyclic) bond motifs is 2. The number of pyridine rings is 3. The molecule has 1 atom stereocenters. The Labute approximate surface area is 235 Å². The van der Waals surface area contributed by atoms with Gasteiger partial charge in [0.15, 0.2) is 17.3 Å². The van der Waals surface area contributed by atoms with Gasteiger partial charge in [-0.2, -0.15) is 5.10 Å². The van der Waals surface area contributed by atoms with Crippen LogP contribution in [0.4, 0.5) is 5.82 Å². The van der Waals surface area contributed by atoms with Gasteiger partial charge in [-0.1, -0.05) is 6.07 Å². The van der Waals surface area contributed by atoms with Crippen LogP contribution in [0, 0.1) is 13.8 Å². The lowest BCUT2D eigenvalue weighted by molar-refractivity contribution is 0.0936. The van der Waals surface area contributed by atoms with Crippen molar-refractivity contribution in [3.05, 3.63) is 102 Å². The Kier molecular flexibility index (Phi) is 5.77. The number of anilines is 1. The molecule has 6 aromatic rings. The third kappa shape index (κ3) is 4.37. The maximum atomic E-state index is 12.9. The molecule has 5 heterocycles. The fraction of sp³-hybridized carbons (Fsp3) is 0.167. The van der Waals surface area contributed by atoms with Crippen LogP contribution in [-0.4, -0.2) is 45.2 Å². The van der Waals surface area contributed by atoms with Gasteiger partial charge in [0.05, 0.1) is 17.2 Å². The topological polar surface area (TPSA) is 142 Å². The first kappa shape index (κ1) is 24.6. The summed E-state index contributed by atoms with van der Waals surface area (Å²) in [4.78, 5) is 35.5. The molecule has 0 radical (unpaired) electrons. The number of nitrogens with one attached hydrogen (secondary N) is 1.